The van der Waals surface area contributed by atoms with Gasteiger partial charge in [0.2, 0.25) is 0 Å². The highest BCUT2D eigenvalue weighted by atomic mass is 31.2. The number of esters is 2. The molecule has 1 unspecified atom stereocenters. The fraction of sp³-hybridized carbons (Fsp3) is 0.769. The molecule has 0 spiro atoms. The molecule has 1 fully saturated rings. The molecule has 0 aromatic carbocycles. The van der Waals surface area contributed by atoms with E-state index in [-0.39, 0.29) is 38.5 Å². The van der Waals surface area contributed by atoms with Gasteiger partial charge in [-0.25, -0.2) is 9.13 Å². The van der Waals surface area contributed by atoms with Gasteiger partial charge < -0.3 is 59.9 Å². The fourth-order valence-corrected chi connectivity index (χ4v) is 10.1. The van der Waals surface area contributed by atoms with Gasteiger partial charge >= 0.3 is 27.6 Å². The van der Waals surface area contributed by atoms with Gasteiger partial charge in [-0.05, 0) is 70.6 Å². The van der Waals surface area contributed by atoms with E-state index in [0.717, 1.165) is 76.7 Å². The van der Waals surface area contributed by atoms with Crippen molar-refractivity contribution in [3.05, 3.63) is 60.8 Å². The Bertz CT molecular complexity index is 1750. The van der Waals surface area contributed by atoms with Crippen molar-refractivity contribution >= 4 is 27.6 Å². The van der Waals surface area contributed by atoms with Crippen molar-refractivity contribution in [1.82, 2.24) is 0 Å². The molecule has 2 bridgehead atoms. The zero-order valence-corrected chi connectivity index (χ0v) is 44.9. The number of phosphoric acid groups is 2. The van der Waals surface area contributed by atoms with E-state index in [1.54, 1.807) is 6.08 Å². The van der Waals surface area contributed by atoms with E-state index < -0.39 is 120 Å². The zero-order valence-electron chi connectivity index (χ0n) is 43.1. The Morgan fingerprint density at radius 1 is 0.795 bits per heavy atom. The first kappa shape index (κ1) is 66.7. The number of carbonyl (C=O) groups excluding carboxylic acids is 2. The van der Waals surface area contributed by atoms with Crippen LogP contribution in [0, 0.1) is 11.8 Å². The highest BCUT2D eigenvalue weighted by Crippen LogP contribution is 2.50. The van der Waals surface area contributed by atoms with Gasteiger partial charge in [-0.1, -0.05) is 139 Å². The number of rotatable bonds is 28. The highest BCUT2D eigenvalue weighted by Gasteiger charge is 2.51. The van der Waals surface area contributed by atoms with E-state index in [2.05, 4.69) is 43.4 Å². The lowest BCUT2D eigenvalue weighted by Gasteiger charge is -2.38. The molecule has 1 aliphatic carbocycles. The Kier molecular flexibility index (Phi) is 34.9. The summed E-state index contributed by atoms with van der Waals surface area (Å²) in [7, 11) is -11.5. The van der Waals surface area contributed by atoms with Crippen LogP contribution in [0.4, 0.5) is 0 Å². The van der Waals surface area contributed by atoms with Crippen LogP contribution in [0.25, 0.3) is 0 Å². The fourth-order valence-electron chi connectivity index (χ4n) is 8.61. The van der Waals surface area contributed by atoms with Crippen LogP contribution in [-0.2, 0) is 41.8 Å². The van der Waals surface area contributed by atoms with E-state index >= 15 is 0 Å². The maximum Gasteiger partial charge on any atom is 0.472 e. The summed E-state index contributed by atoms with van der Waals surface area (Å²) in [4.78, 5) is 56.8. The number of cyclic esters (lactones) is 1. The van der Waals surface area contributed by atoms with Gasteiger partial charge in [0.25, 0.3) is 0 Å². The number of unbranched alkanes of at least 4 members (excludes halogenated alkanes) is 12. The second-order valence-electron chi connectivity index (χ2n) is 19.2. The Hall–Kier alpha value is -2.42. The molecule has 422 valence electrons. The Morgan fingerprint density at radius 3 is 2.04 bits per heavy atom. The second-order valence-corrected chi connectivity index (χ2v) is 21.8. The van der Waals surface area contributed by atoms with Gasteiger partial charge in [0.05, 0.1) is 37.1 Å². The quantitative estimate of drug-likeness (QED) is 0.0158. The van der Waals surface area contributed by atoms with Gasteiger partial charge in [0.15, 0.2) is 6.10 Å². The molecule has 10 N–H and O–H groups in total. The number of hydrogen-bond acceptors (Lipinski definition) is 16. The Balaban J connectivity index is 2.17. The number of ether oxygens (including phenoxy) is 2. The van der Waals surface area contributed by atoms with Crippen LogP contribution < -0.4 is 0 Å². The third kappa shape index (κ3) is 29.6. The summed E-state index contributed by atoms with van der Waals surface area (Å²) in [5, 5.41) is 79.8. The van der Waals surface area contributed by atoms with Crippen LogP contribution in [-0.4, -0.2) is 137 Å². The average molecular weight is 1080 g/mol. The summed E-state index contributed by atoms with van der Waals surface area (Å²) in [6, 6.07) is 0. The van der Waals surface area contributed by atoms with Gasteiger partial charge in [0.1, 0.15) is 31.0 Å². The third-order valence-corrected chi connectivity index (χ3v) is 14.4. The predicted octanol–water partition coefficient (Wildman–Crippen LogP) is 7.39. The minimum absolute atomic E-state index is 0.0398. The molecule has 0 amide bonds. The van der Waals surface area contributed by atoms with E-state index in [1.807, 2.05) is 6.92 Å². The second kappa shape index (κ2) is 38.2. The standard InChI is InChI=1S/C52H90O19P2/c1-3-5-7-8-9-10-11-12-13-14-15-16-17-18-19-20-21-22-23-28-32-45(56)67-37-40-38-68-73(65,66)71-52-50(61)49(60)47(58)41(31-27-24-25-29-33-46(57)69-40)43(54)36-44(55)42(35-34-39(53)30-26-6-4-2)48(59)51(52)70-72(62,63)64/h10-11,13-14,16-17,24,27,34-35,39-44,47-55,58-61H,3-9,12,15,18-23,25-26,28-33,36-38H2,1-2H3,(H,65,66)(H2,62,63,64)/b11-10-,14-13-,17-16-,27-24?,35-34?/t39-,40+,41-,42-,43-,44+,47+,48+,49-,50+,51+,52-/m0/s1. The number of allylic oxidation sites excluding steroid dienone is 8. The lowest BCUT2D eigenvalue weighted by molar-refractivity contribution is -0.165. The molecule has 0 saturated heterocycles. The van der Waals surface area contributed by atoms with E-state index in [9.17, 15) is 69.1 Å². The van der Waals surface area contributed by atoms with E-state index in [4.69, 9.17) is 23.0 Å². The van der Waals surface area contributed by atoms with Crippen molar-refractivity contribution < 1.29 is 92.2 Å². The number of aliphatic hydroxyl groups is 7. The van der Waals surface area contributed by atoms with Crippen LogP contribution in [0.5, 0.6) is 0 Å². The molecule has 21 heteroatoms. The summed E-state index contributed by atoms with van der Waals surface area (Å²) in [6.45, 7) is 2.56. The number of carbonyl (C=O) groups is 2. The molecule has 19 nitrogen and oxygen atoms in total. The average Bonchev–Trinajstić information content (AvgIpc) is 3.33. The number of fused-ring (bicyclic) bond motifs is 4. The summed E-state index contributed by atoms with van der Waals surface area (Å²) >= 11 is 0. The maximum absolute atomic E-state index is 13.7. The third-order valence-electron chi connectivity index (χ3n) is 12.9. The van der Waals surface area contributed by atoms with Gasteiger partial charge in [-0.3, -0.25) is 23.2 Å². The molecule has 1 heterocycles. The molecule has 2 aliphatic rings. The van der Waals surface area contributed by atoms with Gasteiger partial charge in [0, 0.05) is 31.1 Å². The van der Waals surface area contributed by atoms with Gasteiger partial charge in [-0.2, -0.15) is 0 Å². The van der Waals surface area contributed by atoms with Crippen LogP contribution in [0.1, 0.15) is 168 Å². The van der Waals surface area contributed by atoms with Crippen molar-refractivity contribution in [1.29, 1.82) is 0 Å². The van der Waals surface area contributed by atoms with Crippen LogP contribution in [0.3, 0.4) is 0 Å². The summed E-state index contributed by atoms with van der Waals surface area (Å²) in [5.41, 5.74) is 0. The van der Waals surface area contributed by atoms with Crippen molar-refractivity contribution in [3.8, 4) is 0 Å². The lowest BCUT2D eigenvalue weighted by Crippen LogP contribution is -2.56. The maximum atomic E-state index is 13.7. The van der Waals surface area contributed by atoms with Crippen LogP contribution >= 0.6 is 15.6 Å². The molecule has 1 aliphatic heterocycles. The molecule has 0 radical (unpaired) electrons. The van der Waals surface area contributed by atoms with Crippen LogP contribution in [0.2, 0.25) is 0 Å². The monoisotopic (exact) mass is 1080 g/mol. The molecule has 2 rings (SSSR count). The molecule has 0 aromatic rings. The Morgan fingerprint density at radius 2 is 1.40 bits per heavy atom. The number of phosphoric ester groups is 2. The molecule has 1 saturated carbocycles. The topological polar surface area (TPSA) is 317 Å². The van der Waals surface area contributed by atoms with Crippen molar-refractivity contribution in [2.75, 3.05) is 13.2 Å². The van der Waals surface area contributed by atoms with Crippen LogP contribution in [0.15, 0.2) is 60.8 Å². The Labute approximate surface area is 433 Å². The first-order chi connectivity index (χ1) is 34.8. The van der Waals surface area contributed by atoms with Crippen molar-refractivity contribution in [2.24, 2.45) is 11.8 Å². The SMILES string of the molecule is CCCCCC/C=C\C/C=C\C/C=C\CCCCCCCCC(=O)OC[C@@H]1COP(=O)(O)O[C@H]2[C@H](O)[C@@H](O)[C@H](O)[C@@H](CC=CCCCC(=O)O1)[C@@H](O)C[C@@H](O)[C@H](C=C[C@@H](O)CCCCC)[C@@H](O)[C@H]2OP(=O)(O)O. The van der Waals surface area contributed by atoms with E-state index in [1.165, 1.54) is 37.8 Å². The lowest BCUT2D eigenvalue weighted by atomic mass is 9.83. The molecule has 73 heavy (non-hydrogen) atoms. The van der Waals surface area contributed by atoms with Crippen molar-refractivity contribution in [2.45, 2.75) is 229 Å². The first-order valence-corrected chi connectivity index (χ1v) is 29.6. The normalized spacial score (nSPS) is 30.2. The minimum Gasteiger partial charge on any atom is -0.462 e. The first-order valence-electron chi connectivity index (χ1n) is 26.6. The summed E-state index contributed by atoms with van der Waals surface area (Å²) in [5.74, 6) is -4.52. The number of aliphatic hydroxyl groups excluding tert-OH is 7. The highest BCUT2D eigenvalue weighted by molar-refractivity contribution is 7.47. The minimum atomic E-state index is -5.77. The molecular formula is C52H90O19P2. The van der Waals surface area contributed by atoms with E-state index in [0.29, 0.717) is 12.8 Å². The van der Waals surface area contributed by atoms with Crippen molar-refractivity contribution in [3.63, 3.8) is 0 Å². The van der Waals surface area contributed by atoms with Gasteiger partial charge in [-0.15, -0.1) is 0 Å². The predicted molar refractivity (Wildman–Crippen MR) is 275 cm³/mol. The molecule has 0 aromatic heterocycles. The summed E-state index contributed by atoms with van der Waals surface area (Å²) < 4.78 is 52.3. The summed E-state index contributed by atoms with van der Waals surface area (Å²) in [6.07, 6.45) is 14.0. The largest absolute Gasteiger partial charge is 0.472 e. The molecular weight excluding hydrogens is 991 g/mol. The molecule has 13 atom stereocenters. The smallest absolute Gasteiger partial charge is 0.462 e. The zero-order chi connectivity index (χ0) is 54.1. The number of hydrogen-bond donors (Lipinski definition) is 10.